The number of anilines is 1. The molecule has 0 spiro atoms. The maximum Gasteiger partial charge on any atom is 0.228 e. The van der Waals surface area contributed by atoms with Gasteiger partial charge in [0.05, 0.1) is 12.7 Å². The fourth-order valence-electron chi connectivity index (χ4n) is 2.38. The number of hydrogen-bond donors (Lipinski definition) is 2. The summed E-state index contributed by atoms with van der Waals surface area (Å²) in [6.45, 7) is 0. The van der Waals surface area contributed by atoms with Gasteiger partial charge >= 0.3 is 0 Å². The van der Waals surface area contributed by atoms with E-state index in [1.165, 1.54) is 11.9 Å². The van der Waals surface area contributed by atoms with Crippen molar-refractivity contribution in [2.45, 2.75) is 17.2 Å². The number of aromatic amines is 1. The first-order chi connectivity index (χ1) is 10.3. The third kappa shape index (κ3) is 2.25. The van der Waals surface area contributed by atoms with Gasteiger partial charge in [-0.15, -0.1) is 0 Å². The summed E-state index contributed by atoms with van der Waals surface area (Å²) in [5.74, 6) is 0.844. The standard InChI is InChI=1S/C14H11N5OS/c20-11-4-9-3-8(1-2-10(9)19-11)5-21-14-12-13(16-6-15-12)17-7-18-14/h1-3,6-7H,4-5H2,(H,19,20)(H,15,16,17,18). The zero-order valence-electron chi connectivity index (χ0n) is 11.0. The Hall–Kier alpha value is -2.41. The highest BCUT2D eigenvalue weighted by Gasteiger charge is 2.17. The summed E-state index contributed by atoms with van der Waals surface area (Å²) in [4.78, 5) is 26.9. The Bertz CT molecular complexity index is 844. The van der Waals surface area contributed by atoms with Crippen molar-refractivity contribution in [1.29, 1.82) is 0 Å². The van der Waals surface area contributed by atoms with E-state index in [0.29, 0.717) is 12.1 Å². The van der Waals surface area contributed by atoms with E-state index in [2.05, 4.69) is 31.3 Å². The number of H-pyrrole nitrogens is 1. The number of thioether (sulfide) groups is 1. The van der Waals surface area contributed by atoms with E-state index in [0.717, 1.165) is 27.5 Å². The van der Waals surface area contributed by atoms with Crippen molar-refractivity contribution < 1.29 is 4.79 Å². The zero-order valence-corrected chi connectivity index (χ0v) is 11.8. The summed E-state index contributed by atoms with van der Waals surface area (Å²) in [5, 5.41) is 3.72. The normalized spacial score (nSPS) is 13.4. The summed E-state index contributed by atoms with van der Waals surface area (Å²) in [5.41, 5.74) is 4.69. The molecule has 0 aliphatic carbocycles. The molecule has 1 aliphatic heterocycles. The molecule has 0 unspecified atom stereocenters. The van der Waals surface area contributed by atoms with Crippen LogP contribution in [0.25, 0.3) is 11.2 Å². The van der Waals surface area contributed by atoms with Crippen LogP contribution in [0.15, 0.2) is 35.9 Å². The van der Waals surface area contributed by atoms with Crippen molar-refractivity contribution in [3.8, 4) is 0 Å². The molecule has 0 atom stereocenters. The largest absolute Gasteiger partial charge is 0.341 e. The van der Waals surface area contributed by atoms with Crippen LogP contribution in [0, 0.1) is 0 Å². The van der Waals surface area contributed by atoms with Gasteiger partial charge in [-0.05, 0) is 17.2 Å². The highest BCUT2D eigenvalue weighted by molar-refractivity contribution is 7.98. The molecular formula is C14H11N5OS. The number of fused-ring (bicyclic) bond motifs is 2. The van der Waals surface area contributed by atoms with Crippen molar-refractivity contribution in [3.05, 3.63) is 42.0 Å². The van der Waals surface area contributed by atoms with Crippen LogP contribution < -0.4 is 5.32 Å². The molecule has 0 radical (unpaired) electrons. The third-order valence-electron chi connectivity index (χ3n) is 3.36. The van der Waals surface area contributed by atoms with Crippen molar-refractivity contribution in [2.24, 2.45) is 0 Å². The lowest BCUT2D eigenvalue weighted by Gasteiger charge is -2.04. The van der Waals surface area contributed by atoms with Gasteiger partial charge < -0.3 is 10.3 Å². The Morgan fingerprint density at radius 3 is 3.14 bits per heavy atom. The van der Waals surface area contributed by atoms with Crippen LogP contribution in [0.4, 0.5) is 5.69 Å². The molecule has 2 aromatic heterocycles. The number of nitrogens with one attached hydrogen (secondary N) is 2. The van der Waals surface area contributed by atoms with Crippen molar-refractivity contribution >= 4 is 34.5 Å². The molecule has 1 amide bonds. The van der Waals surface area contributed by atoms with Gasteiger partial charge in [-0.1, -0.05) is 23.9 Å². The molecule has 3 aromatic rings. The quantitative estimate of drug-likeness (QED) is 0.571. The number of benzene rings is 1. The van der Waals surface area contributed by atoms with Gasteiger partial charge in [0.25, 0.3) is 0 Å². The van der Waals surface area contributed by atoms with Crippen LogP contribution >= 0.6 is 11.8 Å². The molecule has 1 aromatic carbocycles. The number of aromatic nitrogens is 4. The molecule has 104 valence electrons. The molecule has 7 heteroatoms. The Labute approximate surface area is 124 Å². The van der Waals surface area contributed by atoms with E-state index in [-0.39, 0.29) is 5.91 Å². The maximum absolute atomic E-state index is 11.4. The summed E-state index contributed by atoms with van der Waals surface area (Å²) in [6, 6.07) is 6.07. The highest BCUT2D eigenvalue weighted by atomic mass is 32.2. The minimum absolute atomic E-state index is 0.0600. The lowest BCUT2D eigenvalue weighted by atomic mass is 10.1. The second kappa shape index (κ2) is 4.85. The van der Waals surface area contributed by atoms with Crippen LogP contribution in [0.5, 0.6) is 0 Å². The number of rotatable bonds is 3. The van der Waals surface area contributed by atoms with Gasteiger partial charge in [0.2, 0.25) is 5.91 Å². The van der Waals surface area contributed by atoms with Gasteiger partial charge in [-0.25, -0.2) is 15.0 Å². The topological polar surface area (TPSA) is 83.6 Å². The summed E-state index contributed by atoms with van der Waals surface area (Å²) < 4.78 is 0. The van der Waals surface area contributed by atoms with Gasteiger partial charge in [0.15, 0.2) is 5.65 Å². The fraction of sp³-hybridized carbons (Fsp3) is 0.143. The predicted molar refractivity (Wildman–Crippen MR) is 80.0 cm³/mol. The average molecular weight is 297 g/mol. The van der Waals surface area contributed by atoms with Crippen molar-refractivity contribution in [3.63, 3.8) is 0 Å². The minimum atomic E-state index is 0.0600. The molecule has 4 rings (SSSR count). The molecule has 0 bridgehead atoms. The van der Waals surface area contributed by atoms with E-state index in [1.807, 2.05) is 12.1 Å². The van der Waals surface area contributed by atoms with E-state index >= 15 is 0 Å². The van der Waals surface area contributed by atoms with Gasteiger partial charge in [-0.3, -0.25) is 4.79 Å². The van der Waals surface area contributed by atoms with Gasteiger partial charge in [-0.2, -0.15) is 0 Å². The SMILES string of the molecule is O=C1Cc2cc(CSc3ncnc4nc[nH]c34)ccc2N1. The number of imidazole rings is 1. The predicted octanol–water partition coefficient (Wildman–Crippen LogP) is 2.14. The third-order valence-corrected chi connectivity index (χ3v) is 4.42. The Kier molecular flexibility index (Phi) is 2.85. The number of amides is 1. The van der Waals surface area contributed by atoms with E-state index in [4.69, 9.17) is 0 Å². The van der Waals surface area contributed by atoms with Crippen LogP contribution in [0.2, 0.25) is 0 Å². The fourth-order valence-corrected chi connectivity index (χ4v) is 3.28. The Morgan fingerprint density at radius 1 is 1.24 bits per heavy atom. The molecule has 21 heavy (non-hydrogen) atoms. The van der Waals surface area contributed by atoms with E-state index in [9.17, 15) is 4.79 Å². The van der Waals surface area contributed by atoms with Gasteiger partial charge in [0, 0.05) is 11.4 Å². The number of carbonyl (C=O) groups is 1. The van der Waals surface area contributed by atoms with Gasteiger partial charge in [0.1, 0.15) is 16.9 Å². The molecule has 0 saturated carbocycles. The lowest BCUT2D eigenvalue weighted by Crippen LogP contribution is -2.03. The molecule has 0 saturated heterocycles. The molecular weight excluding hydrogens is 286 g/mol. The smallest absolute Gasteiger partial charge is 0.228 e. The second-order valence-corrected chi connectivity index (χ2v) is 5.75. The number of hydrogen-bond acceptors (Lipinski definition) is 5. The van der Waals surface area contributed by atoms with Crippen LogP contribution in [0.1, 0.15) is 11.1 Å². The molecule has 3 heterocycles. The maximum atomic E-state index is 11.4. The van der Waals surface area contributed by atoms with Crippen LogP contribution in [0.3, 0.4) is 0 Å². The van der Waals surface area contributed by atoms with Crippen LogP contribution in [-0.2, 0) is 17.0 Å². The second-order valence-electron chi connectivity index (χ2n) is 4.79. The zero-order chi connectivity index (χ0) is 14.2. The van der Waals surface area contributed by atoms with Crippen LogP contribution in [-0.4, -0.2) is 25.8 Å². The average Bonchev–Trinajstić information content (AvgIpc) is 3.09. The first-order valence-electron chi connectivity index (χ1n) is 6.48. The lowest BCUT2D eigenvalue weighted by molar-refractivity contribution is -0.115. The monoisotopic (exact) mass is 297 g/mol. The van der Waals surface area contributed by atoms with E-state index < -0.39 is 0 Å². The number of nitrogens with zero attached hydrogens (tertiary/aromatic N) is 3. The summed E-state index contributed by atoms with van der Waals surface area (Å²) in [7, 11) is 0. The first kappa shape index (κ1) is 12.3. The Morgan fingerprint density at radius 2 is 2.19 bits per heavy atom. The Balaban J connectivity index is 1.56. The molecule has 1 aliphatic rings. The highest BCUT2D eigenvalue weighted by Crippen LogP contribution is 2.29. The molecule has 0 fully saturated rings. The minimum Gasteiger partial charge on any atom is -0.341 e. The number of carbonyl (C=O) groups excluding carboxylic acids is 1. The first-order valence-corrected chi connectivity index (χ1v) is 7.47. The summed E-state index contributed by atoms with van der Waals surface area (Å²) >= 11 is 1.63. The van der Waals surface area contributed by atoms with Crippen molar-refractivity contribution in [1.82, 2.24) is 19.9 Å². The molecule has 2 N–H and O–H groups in total. The van der Waals surface area contributed by atoms with Crippen molar-refractivity contribution in [2.75, 3.05) is 5.32 Å². The van der Waals surface area contributed by atoms with E-state index in [1.54, 1.807) is 18.1 Å². The molecule has 6 nitrogen and oxygen atoms in total. The summed E-state index contributed by atoms with van der Waals surface area (Å²) in [6.07, 6.45) is 3.61.